The van der Waals surface area contributed by atoms with Crippen molar-refractivity contribution in [3.8, 4) is 5.75 Å². The van der Waals surface area contributed by atoms with Crippen LogP contribution < -0.4 is 4.74 Å². The van der Waals surface area contributed by atoms with E-state index in [-0.39, 0.29) is 5.82 Å². The van der Waals surface area contributed by atoms with Crippen LogP contribution in [0.25, 0.3) is 12.2 Å². The quantitative estimate of drug-likeness (QED) is 0.675. The predicted octanol–water partition coefficient (Wildman–Crippen LogP) is 4.42. The third kappa shape index (κ3) is 4.45. The van der Waals surface area contributed by atoms with Gasteiger partial charge in [0.05, 0.1) is 7.11 Å². The minimum Gasteiger partial charge on any atom is -0.497 e. The van der Waals surface area contributed by atoms with Gasteiger partial charge in [0.1, 0.15) is 17.4 Å². The summed E-state index contributed by atoms with van der Waals surface area (Å²) in [5.74, 6) is 2.01. The molecule has 122 valence electrons. The van der Waals surface area contributed by atoms with E-state index >= 15 is 0 Å². The molecule has 0 fully saturated rings. The first-order valence-corrected chi connectivity index (χ1v) is 8.33. The largest absolute Gasteiger partial charge is 0.497 e. The minimum absolute atomic E-state index is 0.247. The molecule has 0 atom stereocenters. The number of aromatic nitrogens is 3. The molecule has 0 radical (unpaired) electrons. The molecule has 0 aliphatic heterocycles. The minimum atomic E-state index is -0.247. The number of nitrogens with zero attached hydrogens (tertiary/aromatic N) is 2. The van der Waals surface area contributed by atoms with Crippen LogP contribution in [0.2, 0.25) is 0 Å². The lowest BCUT2D eigenvalue weighted by molar-refractivity contribution is 0.414. The standard InChI is InChI=1S/C18H16FN3OS/c1-23-16-4-2-3-14(11-16)12-24-18-20-17(21-22-18)10-7-13-5-8-15(19)9-6-13/h2-11H,12H2,1H3,(H,20,21,22)/b10-7+. The van der Waals surface area contributed by atoms with Crippen molar-refractivity contribution < 1.29 is 9.13 Å². The molecule has 24 heavy (non-hydrogen) atoms. The molecule has 1 N–H and O–H groups in total. The third-order valence-corrected chi connectivity index (χ3v) is 4.21. The van der Waals surface area contributed by atoms with Crippen LogP contribution in [0.5, 0.6) is 5.75 Å². The van der Waals surface area contributed by atoms with E-state index in [9.17, 15) is 4.39 Å². The maximum atomic E-state index is 12.9. The van der Waals surface area contributed by atoms with Gasteiger partial charge in [0, 0.05) is 5.75 Å². The summed E-state index contributed by atoms with van der Waals surface area (Å²) in [6.45, 7) is 0. The van der Waals surface area contributed by atoms with Gasteiger partial charge in [-0.2, -0.15) is 0 Å². The van der Waals surface area contributed by atoms with E-state index in [0.717, 1.165) is 22.6 Å². The molecule has 4 nitrogen and oxygen atoms in total. The molecule has 1 aromatic heterocycles. The monoisotopic (exact) mass is 341 g/mol. The maximum absolute atomic E-state index is 12.9. The smallest absolute Gasteiger partial charge is 0.209 e. The van der Waals surface area contributed by atoms with Crippen molar-refractivity contribution in [1.82, 2.24) is 15.2 Å². The summed E-state index contributed by atoms with van der Waals surface area (Å²) in [4.78, 5) is 4.40. The van der Waals surface area contributed by atoms with Gasteiger partial charge < -0.3 is 4.74 Å². The molecule has 0 amide bonds. The lowest BCUT2D eigenvalue weighted by Gasteiger charge is -2.02. The lowest BCUT2D eigenvalue weighted by Crippen LogP contribution is -1.86. The van der Waals surface area contributed by atoms with Gasteiger partial charge in [-0.1, -0.05) is 42.1 Å². The van der Waals surface area contributed by atoms with Crippen LogP contribution in [0.3, 0.4) is 0 Å². The SMILES string of the molecule is COc1cccc(CSc2n[nH]c(/C=C/c3ccc(F)cc3)n2)c1. The van der Waals surface area contributed by atoms with E-state index in [1.165, 1.54) is 12.1 Å². The van der Waals surface area contributed by atoms with E-state index < -0.39 is 0 Å². The van der Waals surface area contributed by atoms with Crippen molar-refractivity contribution in [1.29, 1.82) is 0 Å². The number of H-pyrrole nitrogens is 1. The molecular formula is C18H16FN3OS. The molecule has 0 saturated carbocycles. The number of rotatable bonds is 6. The summed E-state index contributed by atoms with van der Waals surface area (Å²) in [7, 11) is 1.65. The Kier molecular flexibility index (Phi) is 5.28. The zero-order chi connectivity index (χ0) is 16.8. The molecule has 0 unspecified atom stereocenters. The third-order valence-electron chi connectivity index (χ3n) is 3.29. The number of halogens is 1. The summed E-state index contributed by atoms with van der Waals surface area (Å²) >= 11 is 1.54. The van der Waals surface area contributed by atoms with E-state index in [4.69, 9.17) is 4.74 Å². The first-order chi connectivity index (χ1) is 11.7. The molecule has 6 heteroatoms. The van der Waals surface area contributed by atoms with Crippen LogP contribution in [-0.2, 0) is 5.75 Å². The summed E-state index contributed by atoms with van der Waals surface area (Å²) in [6, 6.07) is 14.2. The number of methoxy groups -OCH3 is 1. The van der Waals surface area contributed by atoms with Crippen LogP contribution in [0, 0.1) is 5.82 Å². The Labute approximate surface area is 143 Å². The Hall–Kier alpha value is -2.60. The Morgan fingerprint density at radius 2 is 2.00 bits per heavy atom. The fourth-order valence-electron chi connectivity index (χ4n) is 2.06. The zero-order valence-electron chi connectivity index (χ0n) is 13.1. The highest BCUT2D eigenvalue weighted by atomic mass is 32.2. The van der Waals surface area contributed by atoms with E-state index in [0.29, 0.717) is 11.0 Å². The number of benzene rings is 2. The topological polar surface area (TPSA) is 50.8 Å². The number of nitrogens with one attached hydrogen (secondary N) is 1. The summed E-state index contributed by atoms with van der Waals surface area (Å²) in [6.07, 6.45) is 3.67. The highest BCUT2D eigenvalue weighted by Gasteiger charge is 2.03. The summed E-state index contributed by atoms with van der Waals surface area (Å²) in [5, 5.41) is 7.74. The molecule has 2 aromatic carbocycles. The van der Waals surface area contributed by atoms with Gasteiger partial charge in [-0.3, -0.25) is 5.10 Å². The fraction of sp³-hybridized carbons (Fsp3) is 0.111. The van der Waals surface area contributed by atoms with Gasteiger partial charge in [0.25, 0.3) is 0 Å². The van der Waals surface area contributed by atoms with Crippen molar-refractivity contribution in [2.45, 2.75) is 10.9 Å². The van der Waals surface area contributed by atoms with Gasteiger partial charge in [-0.15, -0.1) is 5.10 Å². The lowest BCUT2D eigenvalue weighted by atomic mass is 10.2. The number of ether oxygens (including phenoxy) is 1. The Morgan fingerprint density at radius 3 is 2.79 bits per heavy atom. The molecule has 0 spiro atoms. The summed E-state index contributed by atoms with van der Waals surface area (Å²) in [5.41, 5.74) is 2.05. The molecule has 0 aliphatic carbocycles. The molecule has 1 heterocycles. The van der Waals surface area contributed by atoms with Gasteiger partial charge in [-0.05, 0) is 41.5 Å². The molecule has 3 aromatic rings. The molecule has 0 aliphatic rings. The summed E-state index contributed by atoms with van der Waals surface area (Å²) < 4.78 is 18.1. The highest BCUT2D eigenvalue weighted by Crippen LogP contribution is 2.22. The van der Waals surface area contributed by atoms with Crippen molar-refractivity contribution in [3.63, 3.8) is 0 Å². The number of hydrogen-bond acceptors (Lipinski definition) is 4. The van der Waals surface area contributed by atoms with Gasteiger partial charge >= 0.3 is 0 Å². The van der Waals surface area contributed by atoms with Crippen molar-refractivity contribution in [3.05, 3.63) is 71.3 Å². The van der Waals surface area contributed by atoms with Crippen LogP contribution >= 0.6 is 11.8 Å². The second-order valence-electron chi connectivity index (χ2n) is 5.03. The first-order valence-electron chi connectivity index (χ1n) is 7.35. The van der Waals surface area contributed by atoms with Crippen molar-refractivity contribution in [2.24, 2.45) is 0 Å². The van der Waals surface area contributed by atoms with E-state index in [1.54, 1.807) is 31.0 Å². The highest BCUT2D eigenvalue weighted by molar-refractivity contribution is 7.98. The Morgan fingerprint density at radius 1 is 1.17 bits per heavy atom. The maximum Gasteiger partial charge on any atom is 0.209 e. The molecule has 0 bridgehead atoms. The molecular weight excluding hydrogens is 325 g/mol. The predicted molar refractivity (Wildman–Crippen MR) is 94.3 cm³/mol. The van der Waals surface area contributed by atoms with Crippen LogP contribution in [0.15, 0.2) is 53.7 Å². The molecule has 3 rings (SSSR count). The van der Waals surface area contributed by atoms with Crippen LogP contribution in [0.1, 0.15) is 17.0 Å². The number of hydrogen-bond donors (Lipinski definition) is 1. The zero-order valence-corrected chi connectivity index (χ0v) is 13.9. The second kappa shape index (κ2) is 7.79. The van der Waals surface area contributed by atoms with Crippen molar-refractivity contribution in [2.75, 3.05) is 7.11 Å². The number of aromatic amines is 1. The number of thioether (sulfide) groups is 1. The Bertz CT molecular complexity index is 830. The van der Waals surface area contributed by atoms with Crippen LogP contribution in [-0.4, -0.2) is 22.3 Å². The van der Waals surface area contributed by atoms with Gasteiger partial charge in [0.2, 0.25) is 5.16 Å². The first kappa shape index (κ1) is 16.3. The van der Waals surface area contributed by atoms with Crippen molar-refractivity contribution >= 4 is 23.9 Å². The van der Waals surface area contributed by atoms with Gasteiger partial charge in [0.15, 0.2) is 0 Å². The van der Waals surface area contributed by atoms with Gasteiger partial charge in [-0.25, -0.2) is 9.37 Å². The van der Waals surface area contributed by atoms with E-state index in [1.807, 2.05) is 36.4 Å². The van der Waals surface area contributed by atoms with E-state index in [2.05, 4.69) is 15.2 Å². The Balaban J connectivity index is 1.59. The van der Waals surface area contributed by atoms with Crippen LogP contribution in [0.4, 0.5) is 4.39 Å². The average Bonchev–Trinajstić information content (AvgIpc) is 3.08. The molecule has 0 saturated heterocycles. The average molecular weight is 341 g/mol. The second-order valence-corrected chi connectivity index (χ2v) is 5.97. The fourth-order valence-corrected chi connectivity index (χ4v) is 2.80. The normalized spacial score (nSPS) is 11.1.